The van der Waals surface area contributed by atoms with Crippen molar-refractivity contribution in [1.29, 1.82) is 0 Å². The minimum absolute atomic E-state index is 0.0790. The number of ether oxygens (including phenoxy) is 2. The molecule has 1 aromatic heterocycles. The first-order valence-electron chi connectivity index (χ1n) is 10.9. The predicted molar refractivity (Wildman–Crippen MR) is 122 cm³/mol. The molecule has 0 spiro atoms. The fourth-order valence-corrected chi connectivity index (χ4v) is 4.03. The number of H-pyrrole nitrogens is 1. The van der Waals surface area contributed by atoms with E-state index < -0.39 is 0 Å². The zero-order valence-corrected chi connectivity index (χ0v) is 18.0. The molecule has 1 fully saturated rings. The summed E-state index contributed by atoms with van der Waals surface area (Å²) in [5.74, 6) is 1.88. The second kappa shape index (κ2) is 9.02. The van der Waals surface area contributed by atoms with Gasteiger partial charge >= 0.3 is 0 Å². The standard InChI is InChI=1S/C24H27N5O3/c1-31-20-4-2-17-11-26-22(7-18(17)6-20)24(30)29-21-5-3-16(19-12-27-28-13-19)8-23(21)32-14-15-9-25-10-15/h2-6,8,12-13,15,22,25-26H,7,9-11,14H2,1H3,(H,27,28)(H,29,30)/t22-/m1/s1. The molecule has 2 aliphatic rings. The number of anilines is 1. The van der Waals surface area contributed by atoms with Gasteiger partial charge in [-0.15, -0.1) is 0 Å². The van der Waals surface area contributed by atoms with Crippen LogP contribution in [0.1, 0.15) is 11.1 Å². The Hall–Kier alpha value is -3.36. The van der Waals surface area contributed by atoms with Gasteiger partial charge in [-0.3, -0.25) is 9.89 Å². The summed E-state index contributed by atoms with van der Waals surface area (Å²) < 4.78 is 11.5. The van der Waals surface area contributed by atoms with E-state index in [4.69, 9.17) is 9.47 Å². The number of hydrogen-bond acceptors (Lipinski definition) is 6. The van der Waals surface area contributed by atoms with Gasteiger partial charge in [-0.05, 0) is 47.4 Å². The van der Waals surface area contributed by atoms with Gasteiger partial charge < -0.3 is 25.4 Å². The summed E-state index contributed by atoms with van der Waals surface area (Å²) in [4.78, 5) is 13.1. The van der Waals surface area contributed by atoms with Crippen molar-refractivity contribution >= 4 is 11.6 Å². The van der Waals surface area contributed by atoms with E-state index in [0.717, 1.165) is 35.5 Å². The molecule has 0 aliphatic carbocycles. The maximum absolute atomic E-state index is 13.1. The highest BCUT2D eigenvalue weighted by Crippen LogP contribution is 2.32. The van der Waals surface area contributed by atoms with Crippen LogP contribution in [-0.2, 0) is 17.8 Å². The van der Waals surface area contributed by atoms with Gasteiger partial charge in [-0.2, -0.15) is 5.10 Å². The summed E-state index contributed by atoms with van der Waals surface area (Å²) in [6.07, 6.45) is 4.21. The lowest BCUT2D eigenvalue weighted by atomic mass is 9.95. The van der Waals surface area contributed by atoms with E-state index in [1.54, 1.807) is 13.3 Å². The van der Waals surface area contributed by atoms with Crippen molar-refractivity contribution in [1.82, 2.24) is 20.8 Å². The Morgan fingerprint density at radius 2 is 2.06 bits per heavy atom. The van der Waals surface area contributed by atoms with Gasteiger partial charge in [0.1, 0.15) is 11.5 Å². The molecule has 2 aliphatic heterocycles. The molecule has 4 N–H and O–H groups in total. The van der Waals surface area contributed by atoms with Gasteiger partial charge in [0, 0.05) is 37.3 Å². The molecule has 3 heterocycles. The second-order valence-electron chi connectivity index (χ2n) is 8.29. The van der Waals surface area contributed by atoms with Crippen molar-refractivity contribution in [2.24, 2.45) is 5.92 Å². The average Bonchev–Trinajstić information content (AvgIpc) is 3.33. The first-order chi connectivity index (χ1) is 15.7. The van der Waals surface area contributed by atoms with Gasteiger partial charge in [-0.25, -0.2) is 0 Å². The molecule has 0 bridgehead atoms. The molecule has 1 atom stereocenters. The van der Waals surface area contributed by atoms with Crippen LogP contribution in [0.3, 0.4) is 0 Å². The van der Waals surface area contributed by atoms with E-state index in [0.29, 0.717) is 36.9 Å². The van der Waals surface area contributed by atoms with Gasteiger partial charge in [-0.1, -0.05) is 12.1 Å². The Morgan fingerprint density at radius 1 is 1.16 bits per heavy atom. The molecule has 166 valence electrons. The summed E-state index contributed by atoms with van der Waals surface area (Å²) >= 11 is 0. The van der Waals surface area contributed by atoms with Crippen molar-refractivity contribution in [3.05, 3.63) is 59.9 Å². The molecule has 0 radical (unpaired) electrons. The molecule has 2 aromatic carbocycles. The zero-order chi connectivity index (χ0) is 21.9. The third-order valence-corrected chi connectivity index (χ3v) is 6.10. The highest BCUT2D eigenvalue weighted by molar-refractivity contribution is 5.97. The number of aromatic nitrogens is 2. The molecule has 8 heteroatoms. The van der Waals surface area contributed by atoms with Crippen molar-refractivity contribution in [2.75, 3.05) is 32.1 Å². The number of nitrogens with one attached hydrogen (secondary N) is 4. The summed E-state index contributed by atoms with van der Waals surface area (Å²) in [5.41, 5.74) is 4.95. The fourth-order valence-electron chi connectivity index (χ4n) is 4.03. The number of hydrogen-bond donors (Lipinski definition) is 4. The largest absolute Gasteiger partial charge is 0.497 e. The molecule has 1 amide bonds. The van der Waals surface area contributed by atoms with E-state index in [1.807, 2.05) is 42.6 Å². The topological polar surface area (TPSA) is 100 Å². The van der Waals surface area contributed by atoms with Crippen molar-refractivity contribution in [3.63, 3.8) is 0 Å². The van der Waals surface area contributed by atoms with Crippen LogP contribution in [0.5, 0.6) is 11.5 Å². The minimum atomic E-state index is -0.327. The van der Waals surface area contributed by atoms with Crippen LogP contribution in [0.4, 0.5) is 5.69 Å². The molecule has 3 aromatic rings. The fraction of sp³-hybridized carbons (Fsp3) is 0.333. The Morgan fingerprint density at radius 3 is 2.81 bits per heavy atom. The summed E-state index contributed by atoms with van der Waals surface area (Å²) in [6, 6.07) is 11.5. The maximum Gasteiger partial charge on any atom is 0.241 e. The Balaban J connectivity index is 1.33. The van der Waals surface area contributed by atoms with Gasteiger partial charge in [0.25, 0.3) is 0 Å². The number of aromatic amines is 1. The van der Waals surface area contributed by atoms with Crippen LogP contribution in [0.15, 0.2) is 48.8 Å². The van der Waals surface area contributed by atoms with E-state index in [9.17, 15) is 4.79 Å². The third-order valence-electron chi connectivity index (χ3n) is 6.10. The number of amides is 1. The SMILES string of the molecule is COc1ccc2c(c1)C[C@H](C(=O)Nc1ccc(-c3cn[nH]c3)cc1OCC1CNC1)NC2. The molecular weight excluding hydrogens is 406 g/mol. The Bertz CT molecular complexity index is 1100. The van der Waals surface area contributed by atoms with Crippen molar-refractivity contribution in [3.8, 4) is 22.6 Å². The number of methoxy groups -OCH3 is 1. The number of nitrogens with zero attached hydrogens (tertiary/aromatic N) is 1. The molecule has 5 rings (SSSR count). The third kappa shape index (κ3) is 4.32. The number of carbonyl (C=O) groups excluding carboxylic acids is 1. The quantitative estimate of drug-likeness (QED) is 0.456. The van der Waals surface area contributed by atoms with Crippen LogP contribution < -0.4 is 25.4 Å². The van der Waals surface area contributed by atoms with Crippen molar-refractivity contribution in [2.45, 2.75) is 19.0 Å². The Labute approximate surface area is 186 Å². The lowest BCUT2D eigenvalue weighted by Crippen LogP contribution is -2.45. The predicted octanol–water partition coefficient (Wildman–Crippen LogP) is 2.34. The lowest BCUT2D eigenvalue weighted by molar-refractivity contribution is -0.118. The van der Waals surface area contributed by atoms with E-state index in [2.05, 4.69) is 26.1 Å². The molecule has 0 saturated carbocycles. The van der Waals surface area contributed by atoms with Crippen LogP contribution in [-0.4, -0.2) is 49.0 Å². The highest BCUT2D eigenvalue weighted by Gasteiger charge is 2.26. The molecule has 1 saturated heterocycles. The second-order valence-corrected chi connectivity index (χ2v) is 8.29. The monoisotopic (exact) mass is 433 g/mol. The van der Waals surface area contributed by atoms with Gasteiger partial charge in [0.05, 0.1) is 31.6 Å². The summed E-state index contributed by atoms with van der Waals surface area (Å²) in [5, 5.41) is 16.5. The van der Waals surface area contributed by atoms with Crippen LogP contribution in [0.2, 0.25) is 0 Å². The molecule has 0 unspecified atom stereocenters. The number of carbonyl (C=O) groups is 1. The summed E-state index contributed by atoms with van der Waals surface area (Å²) in [7, 11) is 1.65. The number of fused-ring (bicyclic) bond motifs is 1. The molecular formula is C24H27N5O3. The zero-order valence-electron chi connectivity index (χ0n) is 18.0. The Kier molecular flexibility index (Phi) is 5.79. The maximum atomic E-state index is 13.1. The van der Waals surface area contributed by atoms with Gasteiger partial charge in [0.2, 0.25) is 5.91 Å². The first-order valence-corrected chi connectivity index (χ1v) is 10.9. The first kappa shape index (κ1) is 20.5. The molecule has 8 nitrogen and oxygen atoms in total. The van der Waals surface area contributed by atoms with E-state index >= 15 is 0 Å². The smallest absolute Gasteiger partial charge is 0.241 e. The van der Waals surface area contributed by atoms with Crippen molar-refractivity contribution < 1.29 is 14.3 Å². The normalized spacial score (nSPS) is 17.8. The minimum Gasteiger partial charge on any atom is -0.497 e. The van der Waals surface area contributed by atoms with Crippen LogP contribution in [0, 0.1) is 5.92 Å². The van der Waals surface area contributed by atoms with Gasteiger partial charge in [0.15, 0.2) is 0 Å². The average molecular weight is 434 g/mol. The number of rotatable bonds is 7. The highest BCUT2D eigenvalue weighted by atomic mass is 16.5. The van der Waals surface area contributed by atoms with Crippen LogP contribution >= 0.6 is 0 Å². The summed E-state index contributed by atoms with van der Waals surface area (Å²) in [6.45, 7) is 3.17. The van der Waals surface area contributed by atoms with Crippen LogP contribution in [0.25, 0.3) is 11.1 Å². The van der Waals surface area contributed by atoms with E-state index in [1.165, 1.54) is 5.56 Å². The number of benzene rings is 2. The van der Waals surface area contributed by atoms with E-state index in [-0.39, 0.29) is 11.9 Å². The lowest BCUT2D eigenvalue weighted by Gasteiger charge is -2.28. The molecule has 32 heavy (non-hydrogen) atoms.